The summed E-state index contributed by atoms with van der Waals surface area (Å²) in [4.78, 5) is 2.27. The highest BCUT2D eigenvalue weighted by Crippen LogP contribution is 2.29. The van der Waals surface area contributed by atoms with Crippen molar-refractivity contribution in [1.82, 2.24) is 20.0 Å². The van der Waals surface area contributed by atoms with Gasteiger partial charge in [-0.3, -0.25) is 4.68 Å². The normalized spacial score (nSPS) is 18.5. The van der Waals surface area contributed by atoms with Crippen LogP contribution in [0.2, 0.25) is 0 Å². The van der Waals surface area contributed by atoms with Gasteiger partial charge in [0.25, 0.3) is 0 Å². The summed E-state index contributed by atoms with van der Waals surface area (Å²) in [7, 11) is 0. The average Bonchev–Trinajstić information content (AvgIpc) is 2.96. The van der Waals surface area contributed by atoms with Crippen LogP contribution in [0.4, 0.5) is 5.82 Å². The first-order valence-corrected chi connectivity index (χ1v) is 7.39. The summed E-state index contributed by atoms with van der Waals surface area (Å²) in [5, 5.41) is 13.0. The maximum absolute atomic E-state index is 4.34. The summed E-state index contributed by atoms with van der Waals surface area (Å²) in [6.45, 7) is 1.92. The maximum Gasteiger partial charge on any atom is 0.151 e. The van der Waals surface area contributed by atoms with Crippen LogP contribution in [0.1, 0.15) is 23.7 Å². The van der Waals surface area contributed by atoms with Gasteiger partial charge in [-0.25, -0.2) is 0 Å². The zero-order chi connectivity index (χ0) is 12.8. The lowest BCUT2D eigenvalue weighted by Crippen LogP contribution is -2.48. The van der Waals surface area contributed by atoms with E-state index in [1.807, 2.05) is 17.1 Å². The number of nitrogens with zero attached hydrogens (tertiary/aromatic N) is 5. The molecule has 0 unspecified atom stereocenters. The molecule has 0 amide bonds. The molecule has 0 spiro atoms. The third kappa shape index (κ3) is 1.94. The predicted molar refractivity (Wildman–Crippen MR) is 75.2 cm³/mol. The fraction of sp³-hybridized carbons (Fsp3) is 0.462. The molecule has 98 valence electrons. The second-order valence-corrected chi connectivity index (χ2v) is 6.14. The van der Waals surface area contributed by atoms with Gasteiger partial charge < -0.3 is 4.90 Å². The van der Waals surface area contributed by atoms with E-state index in [0.29, 0.717) is 6.04 Å². The van der Waals surface area contributed by atoms with Crippen molar-refractivity contribution in [3.8, 4) is 0 Å². The molecule has 0 atom stereocenters. The second-order valence-electron chi connectivity index (χ2n) is 5.23. The van der Waals surface area contributed by atoms with Gasteiger partial charge in [0.2, 0.25) is 0 Å². The van der Waals surface area contributed by atoms with Gasteiger partial charge in [-0.1, -0.05) is 0 Å². The topological polar surface area (TPSA) is 46.8 Å². The zero-order valence-electron chi connectivity index (χ0n) is 10.5. The second kappa shape index (κ2) is 4.30. The van der Waals surface area contributed by atoms with Crippen LogP contribution < -0.4 is 4.90 Å². The van der Waals surface area contributed by atoms with Crippen LogP contribution in [-0.4, -0.2) is 33.1 Å². The number of hydrogen-bond acceptors (Lipinski definition) is 4. The summed E-state index contributed by atoms with van der Waals surface area (Å²) >= 11 is 3.43. The monoisotopic (exact) mass is 319 g/mol. The molecule has 1 aliphatic carbocycles. The van der Waals surface area contributed by atoms with E-state index in [0.717, 1.165) is 36.2 Å². The van der Waals surface area contributed by atoms with Crippen molar-refractivity contribution in [2.75, 3.05) is 18.0 Å². The van der Waals surface area contributed by atoms with Crippen molar-refractivity contribution < 1.29 is 0 Å². The minimum absolute atomic E-state index is 0.446. The van der Waals surface area contributed by atoms with Crippen molar-refractivity contribution in [1.29, 1.82) is 0 Å². The zero-order valence-corrected chi connectivity index (χ0v) is 12.0. The molecule has 1 fully saturated rings. The van der Waals surface area contributed by atoms with E-state index in [-0.39, 0.29) is 0 Å². The summed E-state index contributed by atoms with van der Waals surface area (Å²) in [5.41, 5.74) is 2.58. The number of hydrogen-bond donors (Lipinski definition) is 0. The lowest BCUT2D eigenvalue weighted by Gasteiger charge is -2.39. The van der Waals surface area contributed by atoms with Crippen molar-refractivity contribution in [2.45, 2.75) is 25.3 Å². The molecule has 0 saturated carbocycles. The van der Waals surface area contributed by atoms with Gasteiger partial charge in [-0.15, -0.1) is 5.10 Å². The number of aryl methyl sites for hydroxylation is 2. The molecule has 5 nitrogen and oxygen atoms in total. The molecule has 4 rings (SSSR count). The van der Waals surface area contributed by atoms with E-state index in [1.54, 1.807) is 0 Å². The Morgan fingerprint density at radius 2 is 2.11 bits per heavy atom. The van der Waals surface area contributed by atoms with Gasteiger partial charge in [0, 0.05) is 19.3 Å². The van der Waals surface area contributed by atoms with Crippen molar-refractivity contribution in [2.24, 2.45) is 0 Å². The van der Waals surface area contributed by atoms with Crippen LogP contribution >= 0.6 is 15.9 Å². The molecule has 3 heterocycles. The molecule has 2 aromatic heterocycles. The first kappa shape index (κ1) is 11.4. The molecule has 0 N–H and O–H groups in total. The molecule has 0 bridgehead atoms. The number of anilines is 1. The van der Waals surface area contributed by atoms with Crippen LogP contribution in [-0.2, 0) is 12.8 Å². The summed E-state index contributed by atoms with van der Waals surface area (Å²) < 4.78 is 3.05. The molecular formula is C13H14BrN5. The van der Waals surface area contributed by atoms with Crippen LogP contribution in [0.25, 0.3) is 0 Å². The number of rotatable bonds is 2. The Labute approximate surface area is 119 Å². The quantitative estimate of drug-likeness (QED) is 0.849. The summed E-state index contributed by atoms with van der Waals surface area (Å²) in [6, 6.07) is 2.66. The standard InChI is InChI=1S/C13H14BrN5/c14-10-5-15-19(6-10)11-7-18(8-11)13-4-9-2-1-3-12(9)16-17-13/h4-6,11H,1-3,7-8H2. The summed E-state index contributed by atoms with van der Waals surface area (Å²) in [5.74, 6) is 1.02. The van der Waals surface area contributed by atoms with Crippen LogP contribution in [0.15, 0.2) is 22.9 Å². The smallest absolute Gasteiger partial charge is 0.151 e. The van der Waals surface area contributed by atoms with Crippen LogP contribution in [0.3, 0.4) is 0 Å². The fourth-order valence-electron chi connectivity index (χ4n) is 2.80. The molecule has 19 heavy (non-hydrogen) atoms. The predicted octanol–water partition coefficient (Wildman–Crippen LogP) is 1.99. The fourth-order valence-corrected chi connectivity index (χ4v) is 3.10. The van der Waals surface area contributed by atoms with Crippen molar-refractivity contribution in [3.63, 3.8) is 0 Å². The average molecular weight is 320 g/mol. The first-order valence-electron chi connectivity index (χ1n) is 6.60. The largest absolute Gasteiger partial charge is 0.351 e. The van der Waals surface area contributed by atoms with E-state index < -0.39 is 0 Å². The molecule has 1 saturated heterocycles. The number of aromatic nitrogens is 4. The van der Waals surface area contributed by atoms with Gasteiger partial charge in [0.1, 0.15) is 0 Å². The maximum atomic E-state index is 4.34. The molecule has 0 aromatic carbocycles. The lowest BCUT2D eigenvalue weighted by molar-refractivity contribution is 0.365. The first-order chi connectivity index (χ1) is 9.29. The Kier molecular flexibility index (Phi) is 2.58. The molecule has 6 heteroatoms. The third-order valence-corrected chi connectivity index (χ3v) is 4.35. The third-order valence-electron chi connectivity index (χ3n) is 3.94. The molecule has 2 aromatic rings. The minimum atomic E-state index is 0.446. The Morgan fingerprint density at radius 3 is 2.89 bits per heavy atom. The molecule has 1 aliphatic heterocycles. The van der Waals surface area contributed by atoms with Crippen molar-refractivity contribution in [3.05, 3.63) is 34.2 Å². The Balaban J connectivity index is 1.48. The van der Waals surface area contributed by atoms with E-state index in [9.17, 15) is 0 Å². The lowest BCUT2D eigenvalue weighted by atomic mass is 10.1. The van der Waals surface area contributed by atoms with Gasteiger partial charge in [-0.2, -0.15) is 10.2 Å². The van der Waals surface area contributed by atoms with Crippen LogP contribution in [0, 0.1) is 0 Å². The molecular weight excluding hydrogens is 306 g/mol. The Hall–Kier alpha value is -1.43. The molecule has 2 aliphatic rings. The molecule has 0 radical (unpaired) electrons. The van der Waals surface area contributed by atoms with Crippen LogP contribution in [0.5, 0.6) is 0 Å². The van der Waals surface area contributed by atoms with E-state index in [4.69, 9.17) is 0 Å². The Bertz CT molecular complexity index is 617. The SMILES string of the molecule is Brc1cnn(C2CN(c3cc4c(nn3)CCC4)C2)c1. The highest BCUT2D eigenvalue weighted by atomic mass is 79.9. The van der Waals surface area contributed by atoms with Gasteiger partial charge in [0.15, 0.2) is 5.82 Å². The summed E-state index contributed by atoms with van der Waals surface area (Å²) in [6.07, 6.45) is 7.32. The van der Waals surface area contributed by atoms with E-state index in [2.05, 4.69) is 42.2 Å². The van der Waals surface area contributed by atoms with Gasteiger partial charge >= 0.3 is 0 Å². The van der Waals surface area contributed by atoms with E-state index in [1.165, 1.54) is 17.7 Å². The van der Waals surface area contributed by atoms with E-state index >= 15 is 0 Å². The number of halogens is 1. The van der Waals surface area contributed by atoms with Gasteiger partial charge in [-0.05, 0) is 46.8 Å². The number of fused-ring (bicyclic) bond motifs is 1. The highest BCUT2D eigenvalue weighted by molar-refractivity contribution is 9.10. The van der Waals surface area contributed by atoms with Crippen molar-refractivity contribution >= 4 is 21.7 Å². The van der Waals surface area contributed by atoms with Gasteiger partial charge in [0.05, 0.1) is 22.4 Å². The minimum Gasteiger partial charge on any atom is -0.351 e. The Morgan fingerprint density at radius 1 is 1.21 bits per heavy atom. The highest BCUT2D eigenvalue weighted by Gasteiger charge is 2.30.